The summed E-state index contributed by atoms with van der Waals surface area (Å²) in [5.74, 6) is 1.61. The Labute approximate surface area is 176 Å². The van der Waals surface area contributed by atoms with Gasteiger partial charge < -0.3 is 14.0 Å². The maximum absolute atomic E-state index is 13.3. The summed E-state index contributed by atoms with van der Waals surface area (Å²) < 4.78 is 12.6. The monoisotopic (exact) mass is 418 g/mol. The molecule has 0 bridgehead atoms. The molecule has 0 N–H and O–H groups in total. The molecule has 0 unspecified atom stereocenters. The van der Waals surface area contributed by atoms with Crippen LogP contribution in [-0.2, 0) is 18.8 Å². The summed E-state index contributed by atoms with van der Waals surface area (Å²) >= 11 is 0. The van der Waals surface area contributed by atoms with E-state index in [1.165, 1.54) is 11.9 Å². The fourth-order valence-corrected chi connectivity index (χ4v) is 7.68. The lowest BCUT2D eigenvalue weighted by Gasteiger charge is -2.58. The van der Waals surface area contributed by atoms with Gasteiger partial charge in [-0.3, -0.25) is 4.79 Å². The Hall–Kier alpha value is -0.943. The van der Waals surface area contributed by atoms with E-state index in [0.29, 0.717) is 0 Å². The second-order valence-electron chi connectivity index (χ2n) is 12.0. The number of carbonyl (C=O) groups excluding carboxylic acids is 2. The van der Waals surface area contributed by atoms with Crippen molar-refractivity contribution in [2.24, 2.45) is 22.7 Å². The van der Waals surface area contributed by atoms with E-state index in [0.717, 1.165) is 37.9 Å². The molecule has 0 aromatic rings. The Bertz CT molecular complexity index is 793. The predicted molar refractivity (Wildman–Crippen MR) is 116 cm³/mol. The maximum Gasteiger partial charge on any atom is 0.250 e. The first kappa shape index (κ1) is 21.3. The number of allylic oxidation sites excluding steroid dienone is 2. The van der Waals surface area contributed by atoms with Gasteiger partial charge in [-0.2, -0.15) is 0 Å². The average Bonchev–Trinajstić information content (AvgIpc) is 3.30. The van der Waals surface area contributed by atoms with Crippen LogP contribution in [0.3, 0.4) is 0 Å². The fourth-order valence-electron chi connectivity index (χ4n) is 6.50. The third-order valence-corrected chi connectivity index (χ3v) is 13.9. The molecule has 162 valence electrons. The molecule has 5 heteroatoms. The van der Waals surface area contributed by atoms with E-state index >= 15 is 0 Å². The minimum absolute atomic E-state index is 0.00202. The van der Waals surface area contributed by atoms with Crippen LogP contribution in [0.25, 0.3) is 0 Å². The average molecular weight is 419 g/mol. The second-order valence-corrected chi connectivity index (χ2v) is 16.8. The Balaban J connectivity index is 1.70. The van der Waals surface area contributed by atoms with Crippen molar-refractivity contribution in [3.05, 3.63) is 11.3 Å². The number of epoxide rings is 1. The van der Waals surface area contributed by atoms with Crippen LogP contribution in [0.5, 0.6) is 0 Å². The molecule has 1 saturated heterocycles. The lowest BCUT2D eigenvalue weighted by atomic mass is 9.43. The molecular weight excluding hydrogens is 380 g/mol. The number of hydrogen-bond donors (Lipinski definition) is 0. The number of rotatable bonds is 3. The molecule has 0 radical (unpaired) electrons. The SMILES string of the molecule is CC1=C(O[Si](C)(C)C(C)(C)C)CC[C@]2(C=O)[C@H]3C[C@@H]4O[C@]4(C)C(=O)[C@]3(C)CC[C@@H]12. The van der Waals surface area contributed by atoms with E-state index in [1.54, 1.807) is 0 Å². The molecule has 2 saturated carbocycles. The molecule has 0 aromatic heterocycles. The third kappa shape index (κ3) is 2.72. The van der Waals surface area contributed by atoms with Crippen molar-refractivity contribution in [3.8, 4) is 0 Å². The van der Waals surface area contributed by atoms with Crippen molar-refractivity contribution in [1.29, 1.82) is 0 Å². The topological polar surface area (TPSA) is 55.9 Å². The molecule has 29 heavy (non-hydrogen) atoms. The van der Waals surface area contributed by atoms with Crippen molar-refractivity contribution in [2.75, 3.05) is 0 Å². The number of Topliss-reactive ketones (excluding diaryl/α,β-unsaturated/α-hetero) is 1. The van der Waals surface area contributed by atoms with E-state index in [-0.39, 0.29) is 28.8 Å². The van der Waals surface area contributed by atoms with Crippen molar-refractivity contribution in [1.82, 2.24) is 0 Å². The van der Waals surface area contributed by atoms with Gasteiger partial charge >= 0.3 is 0 Å². The Morgan fingerprint density at radius 1 is 1.21 bits per heavy atom. The minimum Gasteiger partial charge on any atom is -0.547 e. The van der Waals surface area contributed by atoms with Gasteiger partial charge in [0.05, 0.1) is 11.9 Å². The zero-order valence-electron chi connectivity index (χ0n) is 19.5. The predicted octanol–water partition coefficient (Wildman–Crippen LogP) is 5.42. The van der Waals surface area contributed by atoms with E-state index in [4.69, 9.17) is 9.16 Å². The van der Waals surface area contributed by atoms with Crippen molar-refractivity contribution >= 4 is 20.4 Å². The molecule has 1 heterocycles. The summed E-state index contributed by atoms with van der Waals surface area (Å²) in [6.07, 6.45) is 5.36. The summed E-state index contributed by atoms with van der Waals surface area (Å²) in [7, 11) is -1.92. The first-order chi connectivity index (χ1) is 13.2. The standard InChI is InChI=1S/C24H38O4Si/c1-15-16-9-11-22(5)18(13-19-23(6,27-19)20(22)26)24(16,14-25)12-10-17(15)28-29(7,8)21(2,3)4/h14,16,18-19H,9-13H2,1-8H3/t16-,18-,19-,22+,23-,24+/m0/s1. The molecule has 0 amide bonds. The molecule has 0 aromatic carbocycles. The smallest absolute Gasteiger partial charge is 0.250 e. The van der Waals surface area contributed by atoms with Crippen LogP contribution in [0, 0.1) is 22.7 Å². The summed E-state index contributed by atoms with van der Waals surface area (Å²) in [4.78, 5) is 26.1. The number of aldehydes is 1. The van der Waals surface area contributed by atoms with Gasteiger partial charge in [0, 0.05) is 17.3 Å². The quantitative estimate of drug-likeness (QED) is 0.349. The van der Waals surface area contributed by atoms with Crippen molar-refractivity contribution < 1.29 is 18.8 Å². The minimum atomic E-state index is -1.92. The zero-order chi connectivity index (χ0) is 21.6. The van der Waals surface area contributed by atoms with Crippen LogP contribution < -0.4 is 0 Å². The van der Waals surface area contributed by atoms with E-state index < -0.39 is 24.7 Å². The molecule has 1 aliphatic heterocycles. The van der Waals surface area contributed by atoms with Gasteiger partial charge in [-0.15, -0.1) is 0 Å². The number of fused-ring (bicyclic) bond motifs is 4. The number of ketones is 1. The first-order valence-electron chi connectivity index (χ1n) is 11.3. The number of hydrogen-bond acceptors (Lipinski definition) is 4. The third-order valence-electron chi connectivity index (χ3n) is 9.53. The van der Waals surface area contributed by atoms with Crippen LogP contribution in [0.4, 0.5) is 0 Å². The molecule has 4 rings (SSSR count). The summed E-state index contributed by atoms with van der Waals surface area (Å²) in [6, 6.07) is 0. The first-order valence-corrected chi connectivity index (χ1v) is 14.2. The van der Waals surface area contributed by atoms with Gasteiger partial charge in [-0.05, 0) is 75.1 Å². The highest BCUT2D eigenvalue weighted by Gasteiger charge is 2.73. The van der Waals surface area contributed by atoms with Crippen LogP contribution >= 0.6 is 0 Å². The Morgan fingerprint density at radius 3 is 2.45 bits per heavy atom. The van der Waals surface area contributed by atoms with E-state index in [9.17, 15) is 9.59 Å². The highest BCUT2D eigenvalue weighted by molar-refractivity contribution is 6.74. The lowest BCUT2D eigenvalue weighted by Crippen LogP contribution is -2.60. The fraction of sp³-hybridized carbons (Fsp3) is 0.833. The van der Waals surface area contributed by atoms with Crippen LogP contribution in [-0.4, -0.2) is 32.1 Å². The molecular formula is C24H38O4Si. The summed E-state index contributed by atoms with van der Waals surface area (Å²) in [6.45, 7) is 17.6. The second kappa shape index (κ2) is 6.06. The van der Waals surface area contributed by atoms with Crippen molar-refractivity contribution in [3.63, 3.8) is 0 Å². The van der Waals surface area contributed by atoms with Gasteiger partial charge in [0.15, 0.2) is 11.4 Å². The van der Waals surface area contributed by atoms with E-state index in [2.05, 4.69) is 47.7 Å². The van der Waals surface area contributed by atoms with Crippen molar-refractivity contribution in [2.45, 2.75) is 103 Å². The Kier molecular flexibility index (Phi) is 4.45. The molecule has 3 fully saturated rings. The zero-order valence-corrected chi connectivity index (χ0v) is 20.5. The normalized spacial score (nSPS) is 44.6. The van der Waals surface area contributed by atoms with Gasteiger partial charge in [-0.1, -0.05) is 27.7 Å². The van der Waals surface area contributed by atoms with E-state index in [1.807, 2.05) is 6.92 Å². The van der Waals surface area contributed by atoms with Crippen LogP contribution in [0.2, 0.25) is 18.1 Å². The lowest BCUT2D eigenvalue weighted by molar-refractivity contribution is -0.156. The molecule has 4 nitrogen and oxygen atoms in total. The molecule has 6 atom stereocenters. The number of ether oxygens (including phenoxy) is 1. The molecule has 0 spiro atoms. The van der Waals surface area contributed by atoms with Gasteiger partial charge in [0.25, 0.3) is 0 Å². The van der Waals surface area contributed by atoms with Gasteiger partial charge in [0.1, 0.15) is 6.29 Å². The largest absolute Gasteiger partial charge is 0.547 e. The number of carbonyl (C=O) groups is 2. The molecule has 3 aliphatic carbocycles. The highest BCUT2D eigenvalue weighted by Crippen LogP contribution is 2.67. The van der Waals surface area contributed by atoms with Crippen LogP contribution in [0.15, 0.2) is 11.3 Å². The highest BCUT2D eigenvalue weighted by atomic mass is 28.4. The summed E-state index contributed by atoms with van der Waals surface area (Å²) in [5, 5.41) is 0.147. The van der Waals surface area contributed by atoms with Gasteiger partial charge in [-0.25, -0.2) is 0 Å². The summed E-state index contributed by atoms with van der Waals surface area (Å²) in [5.41, 5.74) is -0.247. The van der Waals surface area contributed by atoms with Gasteiger partial charge in [0.2, 0.25) is 8.32 Å². The van der Waals surface area contributed by atoms with Crippen LogP contribution in [0.1, 0.15) is 73.6 Å². The maximum atomic E-state index is 13.3. The Morgan fingerprint density at radius 2 is 1.86 bits per heavy atom. The molecule has 4 aliphatic rings.